The molecule has 1 N–H and O–H groups in total. The predicted octanol–water partition coefficient (Wildman–Crippen LogP) is 4.48. The standard InChI is InChI=1S/C29H37ClN2O5S/c1-5-8-16-37-28(36)23-22-13-14-29(38-22)24(23)26(34)32(21(17-33)18(4)7-3)25(29)27(35)31(15-6-2)20-12-10-9-11-19(20)30/h5-6,9-12,18,21-25,33H,1-2,7-8,13-17H2,3-4H3/t18-,21-,22+,23-,24-,25?,29?/m0/s1. The number of carbonyl (C=O) groups is 3. The van der Waals surface area contributed by atoms with Crippen LogP contribution in [0.2, 0.25) is 5.02 Å². The van der Waals surface area contributed by atoms with Gasteiger partial charge < -0.3 is 19.6 Å². The Hall–Kier alpha value is -2.29. The lowest BCUT2D eigenvalue weighted by molar-refractivity contribution is -0.154. The number of ether oxygens (including phenoxy) is 1. The average molecular weight is 561 g/mol. The number of esters is 1. The van der Waals surface area contributed by atoms with E-state index >= 15 is 0 Å². The van der Waals surface area contributed by atoms with Crippen molar-refractivity contribution in [2.45, 2.75) is 61.6 Å². The third kappa shape index (κ3) is 4.69. The number of rotatable bonds is 12. The molecule has 1 aromatic carbocycles. The summed E-state index contributed by atoms with van der Waals surface area (Å²) in [6, 6.07) is 5.68. The summed E-state index contributed by atoms with van der Waals surface area (Å²) in [4.78, 5) is 45.4. The van der Waals surface area contributed by atoms with E-state index in [0.717, 1.165) is 6.42 Å². The van der Waals surface area contributed by atoms with Crippen LogP contribution in [0.3, 0.4) is 0 Å². The van der Waals surface area contributed by atoms with Crippen molar-refractivity contribution in [3.05, 3.63) is 54.6 Å². The van der Waals surface area contributed by atoms with Crippen LogP contribution in [0.4, 0.5) is 5.69 Å². The first-order chi connectivity index (χ1) is 18.3. The summed E-state index contributed by atoms with van der Waals surface area (Å²) >= 11 is 8.10. The predicted molar refractivity (Wildman–Crippen MR) is 151 cm³/mol. The zero-order valence-corrected chi connectivity index (χ0v) is 23.6. The molecular weight excluding hydrogens is 524 g/mol. The summed E-state index contributed by atoms with van der Waals surface area (Å²) in [5.74, 6) is -2.29. The minimum Gasteiger partial charge on any atom is -0.465 e. The summed E-state index contributed by atoms with van der Waals surface area (Å²) in [7, 11) is 0. The van der Waals surface area contributed by atoms with E-state index in [2.05, 4.69) is 13.2 Å². The van der Waals surface area contributed by atoms with Crippen LogP contribution in [0.5, 0.6) is 0 Å². The molecular formula is C29H37ClN2O5S. The van der Waals surface area contributed by atoms with E-state index in [1.165, 1.54) is 0 Å². The number of aliphatic hydroxyl groups is 1. The Morgan fingerprint density at radius 2 is 2.08 bits per heavy atom. The number of halogens is 1. The van der Waals surface area contributed by atoms with Gasteiger partial charge in [0, 0.05) is 11.8 Å². The summed E-state index contributed by atoms with van der Waals surface area (Å²) in [6.45, 7) is 11.6. The molecule has 0 saturated carbocycles. The monoisotopic (exact) mass is 560 g/mol. The number of thioether (sulfide) groups is 1. The Morgan fingerprint density at radius 1 is 1.34 bits per heavy atom. The van der Waals surface area contributed by atoms with E-state index in [-0.39, 0.29) is 42.7 Å². The van der Waals surface area contributed by atoms with Crippen LogP contribution >= 0.6 is 23.4 Å². The van der Waals surface area contributed by atoms with Crippen molar-refractivity contribution in [1.29, 1.82) is 0 Å². The third-order valence-corrected chi connectivity index (χ3v) is 10.6. The van der Waals surface area contributed by atoms with Crippen LogP contribution < -0.4 is 4.90 Å². The number of likely N-dealkylation sites (tertiary alicyclic amines) is 1. The molecule has 1 aromatic rings. The number of carbonyl (C=O) groups excluding carboxylic acids is 3. The number of hydrogen-bond donors (Lipinski definition) is 1. The smallest absolute Gasteiger partial charge is 0.310 e. The normalized spacial score (nSPS) is 29.1. The number of anilines is 1. The maximum atomic E-state index is 14.6. The maximum Gasteiger partial charge on any atom is 0.310 e. The number of nitrogens with zero attached hydrogens (tertiary/aromatic N) is 2. The van der Waals surface area contributed by atoms with Crippen molar-refractivity contribution in [2.75, 3.05) is 24.7 Å². The lowest BCUT2D eigenvalue weighted by atomic mass is 9.71. The second kappa shape index (κ2) is 11.8. The van der Waals surface area contributed by atoms with Crippen LogP contribution in [-0.2, 0) is 19.1 Å². The van der Waals surface area contributed by atoms with Crippen molar-refractivity contribution in [3.8, 4) is 0 Å². The van der Waals surface area contributed by atoms with Gasteiger partial charge in [0.15, 0.2) is 0 Å². The molecule has 0 aliphatic carbocycles. The molecule has 2 bridgehead atoms. The molecule has 3 heterocycles. The van der Waals surface area contributed by atoms with Gasteiger partial charge in [0.2, 0.25) is 5.91 Å². The molecule has 3 saturated heterocycles. The highest BCUT2D eigenvalue weighted by molar-refractivity contribution is 8.02. The van der Waals surface area contributed by atoms with E-state index in [9.17, 15) is 19.5 Å². The number of hydrogen-bond acceptors (Lipinski definition) is 6. The summed E-state index contributed by atoms with van der Waals surface area (Å²) < 4.78 is 4.77. The van der Waals surface area contributed by atoms with Gasteiger partial charge in [-0.05, 0) is 37.3 Å². The number of amides is 2. The van der Waals surface area contributed by atoms with Crippen LogP contribution in [0.25, 0.3) is 0 Å². The third-order valence-electron chi connectivity index (χ3n) is 8.38. The molecule has 0 aromatic heterocycles. The Labute approximate surface area is 234 Å². The highest BCUT2D eigenvalue weighted by Crippen LogP contribution is 2.67. The first kappa shape index (κ1) is 28.7. The van der Waals surface area contributed by atoms with Gasteiger partial charge in [0.1, 0.15) is 6.04 Å². The van der Waals surface area contributed by atoms with Crippen molar-refractivity contribution in [3.63, 3.8) is 0 Å². The van der Waals surface area contributed by atoms with Gasteiger partial charge in [-0.15, -0.1) is 24.9 Å². The molecule has 38 heavy (non-hydrogen) atoms. The van der Waals surface area contributed by atoms with Gasteiger partial charge in [0.25, 0.3) is 5.91 Å². The molecule has 3 aliphatic heterocycles. The minimum absolute atomic E-state index is 0.0529. The molecule has 4 rings (SSSR count). The number of fused-ring (bicyclic) bond motifs is 1. The zero-order valence-electron chi connectivity index (χ0n) is 22.1. The Kier molecular flexibility index (Phi) is 8.95. The molecule has 3 aliphatic rings. The molecule has 9 heteroatoms. The molecule has 7 nitrogen and oxygen atoms in total. The van der Waals surface area contributed by atoms with Crippen LogP contribution in [-0.4, -0.2) is 69.6 Å². The molecule has 0 radical (unpaired) electrons. The largest absolute Gasteiger partial charge is 0.465 e. The van der Waals surface area contributed by atoms with Gasteiger partial charge in [-0.2, -0.15) is 0 Å². The van der Waals surface area contributed by atoms with Gasteiger partial charge in [-0.3, -0.25) is 14.4 Å². The summed E-state index contributed by atoms with van der Waals surface area (Å²) in [5.41, 5.74) is 0.535. The molecule has 1 spiro atoms. The Bertz CT molecular complexity index is 1100. The average Bonchev–Trinajstić information content (AvgIpc) is 3.55. The fourth-order valence-electron chi connectivity index (χ4n) is 6.40. The number of para-hydroxylation sites is 1. The number of benzene rings is 1. The Morgan fingerprint density at radius 3 is 2.71 bits per heavy atom. The number of aliphatic hydroxyl groups excluding tert-OH is 1. The highest BCUT2D eigenvalue weighted by Gasteiger charge is 2.75. The summed E-state index contributed by atoms with van der Waals surface area (Å²) in [6.07, 6.45) is 5.91. The van der Waals surface area contributed by atoms with Gasteiger partial charge in [0.05, 0.1) is 46.5 Å². The molecule has 206 valence electrons. The fraction of sp³-hybridized carbons (Fsp3) is 0.552. The maximum absolute atomic E-state index is 14.6. The first-order valence-corrected chi connectivity index (χ1v) is 14.6. The quantitative estimate of drug-likeness (QED) is 0.230. The summed E-state index contributed by atoms with van der Waals surface area (Å²) in [5, 5.41) is 10.8. The van der Waals surface area contributed by atoms with E-state index in [1.807, 2.05) is 19.9 Å². The van der Waals surface area contributed by atoms with E-state index in [0.29, 0.717) is 30.0 Å². The molecule has 2 amide bonds. The van der Waals surface area contributed by atoms with E-state index < -0.39 is 34.6 Å². The highest BCUT2D eigenvalue weighted by atomic mass is 35.5. The zero-order chi connectivity index (χ0) is 27.6. The van der Waals surface area contributed by atoms with E-state index in [1.54, 1.807) is 51.9 Å². The van der Waals surface area contributed by atoms with Gasteiger partial charge >= 0.3 is 5.97 Å². The van der Waals surface area contributed by atoms with Crippen molar-refractivity contribution < 1.29 is 24.2 Å². The first-order valence-electron chi connectivity index (χ1n) is 13.3. The minimum atomic E-state index is -0.858. The topological polar surface area (TPSA) is 87.1 Å². The van der Waals surface area contributed by atoms with Crippen molar-refractivity contribution >= 4 is 46.8 Å². The van der Waals surface area contributed by atoms with Crippen LogP contribution in [0.1, 0.15) is 39.5 Å². The van der Waals surface area contributed by atoms with E-state index in [4.69, 9.17) is 16.3 Å². The van der Waals surface area contributed by atoms with Gasteiger partial charge in [-0.1, -0.05) is 56.2 Å². The molecule has 7 atom stereocenters. The second-order valence-corrected chi connectivity index (χ2v) is 12.4. The Balaban J connectivity index is 1.81. The van der Waals surface area contributed by atoms with Crippen LogP contribution in [0, 0.1) is 17.8 Å². The molecule has 2 unspecified atom stereocenters. The SMILES string of the molecule is C=CCCOC(=O)[C@@H]1[C@H]2C(=O)N([C@@H](CO)[C@@H](C)CC)C(C(=O)N(CC=C)c3ccccc3Cl)C23CC[C@H]1S3. The van der Waals surface area contributed by atoms with Gasteiger partial charge in [-0.25, -0.2) is 0 Å². The molecule has 3 fully saturated rings. The lowest BCUT2D eigenvalue weighted by Gasteiger charge is -2.41. The van der Waals surface area contributed by atoms with Crippen LogP contribution in [0.15, 0.2) is 49.6 Å². The fourth-order valence-corrected chi connectivity index (χ4v) is 8.83. The van der Waals surface area contributed by atoms with Crippen molar-refractivity contribution in [2.24, 2.45) is 17.8 Å². The second-order valence-electron chi connectivity index (χ2n) is 10.4. The lowest BCUT2D eigenvalue weighted by Crippen LogP contribution is -2.58. The van der Waals surface area contributed by atoms with Crippen molar-refractivity contribution in [1.82, 2.24) is 4.90 Å².